The molecule has 0 bridgehead atoms. The fraction of sp³-hybridized carbons (Fsp3) is 0.450. The zero-order valence-corrected chi connectivity index (χ0v) is 35.0. The van der Waals surface area contributed by atoms with Crippen LogP contribution in [0.4, 0.5) is 26.8 Å². The number of esters is 1. The molecule has 2 aromatic carbocycles. The number of nitrogens with one attached hydrogen (secondary N) is 2. The van der Waals surface area contributed by atoms with Crippen LogP contribution in [-0.4, -0.2) is 79.2 Å². The van der Waals surface area contributed by atoms with Gasteiger partial charge in [0.15, 0.2) is 0 Å². The molecule has 4 N–H and O–H groups in total. The van der Waals surface area contributed by atoms with Crippen LogP contribution in [0, 0.1) is 0 Å². The first-order valence-electron chi connectivity index (χ1n) is 18.5. The van der Waals surface area contributed by atoms with Crippen LogP contribution in [0.2, 0.25) is 25.7 Å². The topological polar surface area (TPSA) is 185 Å². The van der Waals surface area contributed by atoms with Gasteiger partial charge in [-0.3, -0.25) is 10.1 Å². The minimum Gasteiger partial charge on any atom is -0.460 e. The maximum absolute atomic E-state index is 13.5. The number of ether oxygens (including phenoxy) is 4. The van der Waals surface area contributed by atoms with Crippen molar-refractivity contribution in [3.05, 3.63) is 83.7 Å². The third kappa shape index (κ3) is 14.0. The van der Waals surface area contributed by atoms with Gasteiger partial charge in [-0.1, -0.05) is 50.0 Å². The van der Waals surface area contributed by atoms with Crippen LogP contribution in [0.15, 0.2) is 60.8 Å². The Balaban J connectivity index is 1.74. The summed E-state index contributed by atoms with van der Waals surface area (Å²) < 4.78 is 24.0. The van der Waals surface area contributed by atoms with Crippen LogP contribution in [0.25, 0.3) is 11.3 Å². The molecule has 0 unspecified atom stereocenters. The summed E-state index contributed by atoms with van der Waals surface area (Å²) in [7, 11) is 3.63. The second-order valence-corrected chi connectivity index (χ2v) is 21.4. The summed E-state index contributed by atoms with van der Waals surface area (Å²) in [6.07, 6.45) is 1.09. The van der Waals surface area contributed by atoms with E-state index in [1.54, 1.807) is 18.2 Å². The highest BCUT2D eigenvalue weighted by Gasteiger charge is 2.26. The van der Waals surface area contributed by atoms with E-state index in [4.69, 9.17) is 34.6 Å². The summed E-state index contributed by atoms with van der Waals surface area (Å²) >= 11 is 0. The van der Waals surface area contributed by atoms with E-state index in [1.165, 1.54) is 7.11 Å². The summed E-state index contributed by atoms with van der Waals surface area (Å²) in [6.45, 7) is 13.1. The summed E-state index contributed by atoms with van der Waals surface area (Å²) in [5.41, 5.74) is 9.27. The van der Waals surface area contributed by atoms with E-state index in [0.717, 1.165) is 11.6 Å². The minimum absolute atomic E-state index is 0.0640. The minimum atomic E-state index is -1.39. The Kier molecular flexibility index (Phi) is 15.0. The summed E-state index contributed by atoms with van der Waals surface area (Å²) in [5.74, 6) is 1.21. The maximum atomic E-state index is 13.5. The molecule has 4 aromatic rings. The van der Waals surface area contributed by atoms with Crippen molar-refractivity contribution >= 4 is 43.4 Å². The third-order valence-corrected chi connectivity index (χ3v) is 9.97. The van der Waals surface area contributed by atoms with E-state index in [-0.39, 0.29) is 38.6 Å². The lowest BCUT2D eigenvalue weighted by molar-refractivity contribution is -0.154. The SMILES string of the molecule is COC(=O)Nc1ccc(-c2cn(COCC[Si](C)(C)C)c([C@H](Cc3cc(N(C)C)nc(CCC(=O)OC(C)(C)C)n3)NC(=O)OCc3ccccc3)n2)c(N)c1. The Hall–Kier alpha value is -5.48. The highest BCUT2D eigenvalue weighted by Crippen LogP contribution is 2.31. The van der Waals surface area contributed by atoms with Gasteiger partial charge < -0.3 is 39.5 Å². The van der Waals surface area contributed by atoms with Gasteiger partial charge in [-0.15, -0.1) is 0 Å². The van der Waals surface area contributed by atoms with Crippen molar-refractivity contribution < 1.29 is 33.3 Å². The average Bonchev–Trinajstić information content (AvgIpc) is 3.54. The lowest BCUT2D eigenvalue weighted by Gasteiger charge is -2.22. The summed E-state index contributed by atoms with van der Waals surface area (Å²) in [4.78, 5) is 54.4. The van der Waals surface area contributed by atoms with Gasteiger partial charge in [-0.05, 0) is 50.6 Å². The molecule has 302 valence electrons. The number of imidazole rings is 1. The predicted molar refractivity (Wildman–Crippen MR) is 219 cm³/mol. The maximum Gasteiger partial charge on any atom is 0.411 e. The van der Waals surface area contributed by atoms with Crippen LogP contribution in [0.3, 0.4) is 0 Å². The zero-order valence-electron chi connectivity index (χ0n) is 34.0. The quantitative estimate of drug-likeness (QED) is 0.0329. The summed E-state index contributed by atoms with van der Waals surface area (Å²) in [6, 6.07) is 16.5. The van der Waals surface area contributed by atoms with E-state index in [2.05, 4.69) is 35.3 Å². The molecule has 56 heavy (non-hydrogen) atoms. The number of aromatic nitrogens is 4. The van der Waals surface area contributed by atoms with E-state index in [9.17, 15) is 14.4 Å². The average molecular weight is 789 g/mol. The number of hydrogen-bond donors (Lipinski definition) is 3. The number of amides is 2. The largest absolute Gasteiger partial charge is 0.460 e. The number of hydrogen-bond acceptors (Lipinski definition) is 12. The van der Waals surface area contributed by atoms with Crippen molar-refractivity contribution in [3.63, 3.8) is 0 Å². The lowest BCUT2D eigenvalue weighted by atomic mass is 10.1. The number of aryl methyl sites for hydroxylation is 1. The number of alkyl carbamates (subject to hydrolysis) is 1. The number of rotatable bonds is 17. The standard InChI is InChI=1S/C40H56N8O7Si/c1-40(2,3)55-36(49)18-17-34-42-29(23-35(46-34)47(4)5)22-32(45-39(51)54-25-27-13-11-10-12-14-27)37-44-33(24-48(37)26-53-19-20-56(7,8)9)30-16-15-28(21-31(30)41)43-38(50)52-6/h10-16,21,23-24,32H,17-20,22,25-26,41H2,1-9H3,(H,43,50)(H,45,51)/t32-/m0/s1. The molecule has 2 heterocycles. The molecule has 2 aromatic heterocycles. The molecule has 0 spiro atoms. The highest BCUT2D eigenvalue weighted by atomic mass is 28.3. The predicted octanol–water partition coefficient (Wildman–Crippen LogP) is 6.96. The van der Waals surface area contributed by atoms with Crippen molar-refractivity contribution in [2.45, 2.75) is 90.7 Å². The monoisotopic (exact) mass is 788 g/mol. The number of carbonyl (C=O) groups excluding carboxylic acids is 3. The van der Waals surface area contributed by atoms with E-state index < -0.39 is 31.9 Å². The normalized spacial score (nSPS) is 12.1. The first-order valence-corrected chi connectivity index (χ1v) is 22.2. The number of carbonyl (C=O) groups is 3. The molecular weight excluding hydrogens is 733 g/mol. The molecule has 0 aliphatic heterocycles. The van der Waals surface area contributed by atoms with Gasteiger partial charge in [0, 0.05) is 76.5 Å². The van der Waals surface area contributed by atoms with Gasteiger partial charge in [-0.2, -0.15) is 0 Å². The molecule has 0 fully saturated rings. The van der Waals surface area contributed by atoms with Gasteiger partial charge in [0.2, 0.25) is 0 Å². The van der Waals surface area contributed by atoms with Gasteiger partial charge in [0.25, 0.3) is 0 Å². The molecule has 4 rings (SSSR count). The second kappa shape index (κ2) is 19.4. The Morgan fingerprint density at radius 3 is 2.36 bits per heavy atom. The third-order valence-electron chi connectivity index (χ3n) is 8.27. The fourth-order valence-corrected chi connectivity index (χ4v) is 6.19. The van der Waals surface area contributed by atoms with Crippen LogP contribution >= 0.6 is 0 Å². The number of nitrogens with two attached hydrogens (primary N) is 1. The summed E-state index contributed by atoms with van der Waals surface area (Å²) in [5, 5.41) is 5.65. The molecule has 16 heteroatoms. The van der Waals surface area contributed by atoms with Crippen molar-refractivity contribution in [3.8, 4) is 11.3 Å². The number of methoxy groups -OCH3 is 1. The van der Waals surface area contributed by atoms with Crippen molar-refractivity contribution in [1.82, 2.24) is 24.8 Å². The van der Waals surface area contributed by atoms with Crippen molar-refractivity contribution in [2.75, 3.05) is 43.8 Å². The van der Waals surface area contributed by atoms with Crippen molar-refractivity contribution in [2.24, 2.45) is 0 Å². The number of benzene rings is 2. The first-order chi connectivity index (χ1) is 26.4. The molecular formula is C40H56N8O7Si. The van der Waals surface area contributed by atoms with Crippen LogP contribution in [0.1, 0.15) is 56.1 Å². The molecule has 15 nitrogen and oxygen atoms in total. The van der Waals surface area contributed by atoms with E-state index in [0.29, 0.717) is 52.4 Å². The number of nitrogen functional groups attached to an aromatic ring is 1. The van der Waals surface area contributed by atoms with Crippen LogP contribution in [-0.2, 0) is 49.9 Å². The number of anilines is 3. The van der Waals surface area contributed by atoms with Gasteiger partial charge in [-0.25, -0.2) is 24.5 Å². The lowest BCUT2D eigenvalue weighted by Crippen LogP contribution is -2.33. The van der Waals surface area contributed by atoms with Crippen molar-refractivity contribution in [1.29, 1.82) is 0 Å². The van der Waals surface area contributed by atoms with E-state index in [1.807, 2.05) is 86.9 Å². The Labute approximate surface area is 330 Å². The Morgan fingerprint density at radius 2 is 1.71 bits per heavy atom. The smallest absolute Gasteiger partial charge is 0.411 e. The molecule has 0 radical (unpaired) electrons. The number of nitrogens with zero attached hydrogens (tertiary/aromatic N) is 5. The first kappa shape index (κ1) is 43.2. The molecule has 1 atom stereocenters. The Morgan fingerprint density at radius 1 is 0.982 bits per heavy atom. The molecule has 0 aliphatic rings. The molecule has 2 amide bonds. The highest BCUT2D eigenvalue weighted by molar-refractivity contribution is 6.76. The zero-order chi connectivity index (χ0) is 41.0. The molecule has 0 saturated heterocycles. The second-order valence-electron chi connectivity index (χ2n) is 15.8. The molecule has 0 saturated carbocycles. The van der Waals surface area contributed by atoms with E-state index >= 15 is 0 Å². The van der Waals surface area contributed by atoms with Gasteiger partial charge >= 0.3 is 18.2 Å². The molecule has 0 aliphatic carbocycles. The van der Waals surface area contributed by atoms with Crippen LogP contribution < -0.4 is 21.3 Å². The van der Waals surface area contributed by atoms with Gasteiger partial charge in [0.1, 0.15) is 36.4 Å². The Bertz CT molecular complexity index is 1940. The fourth-order valence-electron chi connectivity index (χ4n) is 5.44. The van der Waals surface area contributed by atoms with Crippen LogP contribution in [0.5, 0.6) is 0 Å². The van der Waals surface area contributed by atoms with Gasteiger partial charge in [0.05, 0.1) is 25.3 Å².